The molecule has 0 radical (unpaired) electrons. The molecule has 23 heavy (non-hydrogen) atoms. The second-order valence-corrected chi connectivity index (χ2v) is 5.96. The van der Waals surface area contributed by atoms with Gasteiger partial charge in [0.05, 0.1) is 0 Å². The Hall–Kier alpha value is -2.81. The first-order chi connectivity index (χ1) is 11.1. The molecule has 1 N–H and O–H groups in total. The summed E-state index contributed by atoms with van der Waals surface area (Å²) < 4.78 is 5.94. The summed E-state index contributed by atoms with van der Waals surface area (Å²) >= 11 is 0. The number of carbonyl (C=O) groups is 1. The maximum atomic E-state index is 12.3. The number of carbonyl (C=O) groups excluding carboxylic acids is 1. The Morgan fingerprint density at radius 1 is 1.04 bits per heavy atom. The third kappa shape index (κ3) is 2.25. The quantitative estimate of drug-likeness (QED) is 0.662. The smallest absolute Gasteiger partial charge is 0.265 e. The zero-order chi connectivity index (χ0) is 16.0. The summed E-state index contributed by atoms with van der Waals surface area (Å²) in [6.07, 6.45) is -0.538. The minimum absolute atomic E-state index is 0.131. The molecule has 0 aliphatic carbocycles. The largest absolute Gasteiger partial charge is 0.480 e. The number of hydrogen-bond donors (Lipinski definition) is 1. The number of nitrogens with one attached hydrogen (secondary N) is 1. The van der Waals surface area contributed by atoms with Gasteiger partial charge >= 0.3 is 0 Å². The number of amides is 1. The average molecular weight is 303 g/mol. The first-order valence-corrected chi connectivity index (χ1v) is 7.74. The Morgan fingerprint density at radius 2 is 1.87 bits per heavy atom. The lowest BCUT2D eigenvalue weighted by Crippen LogP contribution is -2.31. The van der Waals surface area contributed by atoms with Crippen LogP contribution in [0.5, 0.6) is 5.75 Å². The van der Waals surface area contributed by atoms with Crippen molar-refractivity contribution in [3.05, 3.63) is 60.2 Å². The van der Waals surface area contributed by atoms with Crippen molar-refractivity contribution < 1.29 is 9.53 Å². The van der Waals surface area contributed by atoms with Gasteiger partial charge in [0.15, 0.2) is 6.10 Å². The standard InChI is InChI=1S/C20H17NO2/c1-12-7-9-17-16(11-12)19-15-6-4-3-5-14(15)8-10-18(19)23-13(2)20(22)21-17/h3-11,13H,1-2H3,(H,21,22)/t13-/m0/s1. The summed E-state index contributed by atoms with van der Waals surface area (Å²) in [5, 5.41) is 5.26. The number of anilines is 1. The van der Waals surface area contributed by atoms with Crippen LogP contribution >= 0.6 is 0 Å². The number of benzene rings is 3. The van der Waals surface area contributed by atoms with Crippen molar-refractivity contribution in [1.82, 2.24) is 0 Å². The first kappa shape index (κ1) is 13.8. The minimum atomic E-state index is -0.538. The van der Waals surface area contributed by atoms with Crippen LogP contribution in [0.25, 0.3) is 21.9 Å². The second-order valence-electron chi connectivity index (χ2n) is 5.96. The Balaban J connectivity index is 2.11. The van der Waals surface area contributed by atoms with Gasteiger partial charge in [-0.2, -0.15) is 0 Å². The molecule has 3 nitrogen and oxygen atoms in total. The van der Waals surface area contributed by atoms with E-state index in [1.165, 1.54) is 0 Å². The second kappa shape index (κ2) is 5.13. The van der Waals surface area contributed by atoms with Crippen LogP contribution in [0.3, 0.4) is 0 Å². The topological polar surface area (TPSA) is 38.3 Å². The van der Waals surface area contributed by atoms with Crippen molar-refractivity contribution in [2.24, 2.45) is 0 Å². The van der Waals surface area contributed by atoms with E-state index < -0.39 is 6.10 Å². The van der Waals surface area contributed by atoms with E-state index in [0.717, 1.165) is 38.9 Å². The molecule has 1 aliphatic rings. The van der Waals surface area contributed by atoms with Gasteiger partial charge in [0.1, 0.15) is 5.75 Å². The van der Waals surface area contributed by atoms with Crippen molar-refractivity contribution in [3.8, 4) is 16.9 Å². The number of rotatable bonds is 0. The Kier molecular flexibility index (Phi) is 3.08. The average Bonchev–Trinajstić information content (AvgIpc) is 2.55. The zero-order valence-corrected chi connectivity index (χ0v) is 13.1. The van der Waals surface area contributed by atoms with Crippen molar-refractivity contribution in [1.29, 1.82) is 0 Å². The fraction of sp³-hybridized carbons (Fsp3) is 0.150. The van der Waals surface area contributed by atoms with Gasteiger partial charge in [-0.1, -0.05) is 42.0 Å². The summed E-state index contributed by atoms with van der Waals surface area (Å²) in [5.74, 6) is 0.617. The highest BCUT2D eigenvalue weighted by Gasteiger charge is 2.24. The normalized spacial score (nSPS) is 16.6. The van der Waals surface area contributed by atoms with Gasteiger partial charge in [0, 0.05) is 16.8 Å². The van der Waals surface area contributed by atoms with Gasteiger partial charge in [-0.25, -0.2) is 0 Å². The minimum Gasteiger partial charge on any atom is -0.480 e. The lowest BCUT2D eigenvalue weighted by atomic mass is 9.94. The third-order valence-electron chi connectivity index (χ3n) is 4.27. The highest BCUT2D eigenvalue weighted by molar-refractivity contribution is 6.07. The van der Waals surface area contributed by atoms with Gasteiger partial charge in [-0.3, -0.25) is 4.79 Å². The molecule has 0 bridgehead atoms. The van der Waals surface area contributed by atoms with Crippen LogP contribution in [-0.4, -0.2) is 12.0 Å². The molecule has 0 spiro atoms. The van der Waals surface area contributed by atoms with E-state index in [2.05, 4.69) is 30.4 Å². The lowest BCUT2D eigenvalue weighted by molar-refractivity contribution is -0.122. The van der Waals surface area contributed by atoms with E-state index in [1.807, 2.05) is 36.4 Å². The van der Waals surface area contributed by atoms with Crippen LogP contribution < -0.4 is 10.1 Å². The molecular formula is C20H17NO2. The van der Waals surface area contributed by atoms with E-state index in [0.29, 0.717) is 0 Å². The fourth-order valence-corrected chi connectivity index (χ4v) is 3.08. The third-order valence-corrected chi connectivity index (χ3v) is 4.27. The van der Waals surface area contributed by atoms with E-state index >= 15 is 0 Å². The van der Waals surface area contributed by atoms with Crippen molar-refractivity contribution >= 4 is 22.4 Å². The molecule has 3 aromatic carbocycles. The van der Waals surface area contributed by atoms with E-state index in [9.17, 15) is 4.79 Å². The molecule has 0 saturated carbocycles. The van der Waals surface area contributed by atoms with Gasteiger partial charge in [0.2, 0.25) is 0 Å². The Morgan fingerprint density at radius 3 is 2.74 bits per heavy atom. The van der Waals surface area contributed by atoms with Gasteiger partial charge in [-0.15, -0.1) is 0 Å². The molecule has 1 aliphatic heterocycles. The molecule has 0 fully saturated rings. The number of fused-ring (bicyclic) bond motifs is 5. The highest BCUT2D eigenvalue weighted by atomic mass is 16.5. The van der Waals surface area contributed by atoms with Crippen molar-refractivity contribution in [2.45, 2.75) is 20.0 Å². The maximum Gasteiger partial charge on any atom is 0.265 e. The predicted octanol–water partition coefficient (Wildman–Crippen LogP) is 4.53. The number of aryl methyl sites for hydroxylation is 1. The summed E-state index contributed by atoms with van der Waals surface area (Å²) in [4.78, 5) is 12.3. The molecule has 0 aromatic heterocycles. The van der Waals surface area contributed by atoms with Gasteiger partial charge < -0.3 is 10.1 Å². The molecule has 0 unspecified atom stereocenters. The van der Waals surface area contributed by atoms with Crippen molar-refractivity contribution in [3.63, 3.8) is 0 Å². The molecule has 0 saturated heterocycles. The fourth-order valence-electron chi connectivity index (χ4n) is 3.08. The Labute approximate surface area is 134 Å². The molecule has 3 aromatic rings. The molecule has 1 atom stereocenters. The monoisotopic (exact) mass is 303 g/mol. The van der Waals surface area contributed by atoms with Crippen LogP contribution in [0.2, 0.25) is 0 Å². The first-order valence-electron chi connectivity index (χ1n) is 7.74. The Bertz CT molecular complexity index is 930. The molecule has 1 amide bonds. The van der Waals surface area contributed by atoms with Crippen LogP contribution in [0.15, 0.2) is 54.6 Å². The molecule has 3 heteroatoms. The van der Waals surface area contributed by atoms with Gasteiger partial charge in [-0.05, 0) is 42.8 Å². The van der Waals surface area contributed by atoms with Gasteiger partial charge in [0.25, 0.3) is 5.91 Å². The molecule has 4 rings (SSSR count). The number of ether oxygens (including phenoxy) is 1. The van der Waals surface area contributed by atoms with Crippen LogP contribution in [0.4, 0.5) is 5.69 Å². The SMILES string of the molecule is Cc1ccc2c(c1)-c1c(ccc3ccccc13)O[C@@H](C)C(=O)N2. The summed E-state index contributed by atoms with van der Waals surface area (Å²) in [6.45, 7) is 3.82. The summed E-state index contributed by atoms with van der Waals surface area (Å²) in [5.41, 5.74) is 4.00. The highest BCUT2D eigenvalue weighted by Crippen LogP contribution is 2.42. The maximum absolute atomic E-state index is 12.3. The molecular weight excluding hydrogens is 286 g/mol. The summed E-state index contributed by atoms with van der Waals surface area (Å²) in [6, 6.07) is 18.3. The van der Waals surface area contributed by atoms with Crippen LogP contribution in [0.1, 0.15) is 12.5 Å². The van der Waals surface area contributed by atoms with Crippen molar-refractivity contribution in [2.75, 3.05) is 5.32 Å². The lowest BCUT2D eigenvalue weighted by Gasteiger charge is -2.24. The number of hydrogen-bond acceptors (Lipinski definition) is 2. The molecule has 1 heterocycles. The van der Waals surface area contributed by atoms with E-state index in [4.69, 9.17) is 4.74 Å². The van der Waals surface area contributed by atoms with Crippen LogP contribution in [-0.2, 0) is 4.79 Å². The zero-order valence-electron chi connectivity index (χ0n) is 13.1. The molecule has 114 valence electrons. The summed E-state index contributed by atoms with van der Waals surface area (Å²) in [7, 11) is 0. The van der Waals surface area contributed by atoms with Crippen LogP contribution in [0, 0.1) is 6.92 Å². The van der Waals surface area contributed by atoms with E-state index in [1.54, 1.807) is 6.92 Å². The van der Waals surface area contributed by atoms with E-state index in [-0.39, 0.29) is 5.91 Å². The predicted molar refractivity (Wildman–Crippen MR) is 92.8 cm³/mol.